The fourth-order valence-electron chi connectivity index (χ4n) is 2.54. The van der Waals surface area contributed by atoms with Gasteiger partial charge in [0.2, 0.25) is 0 Å². The number of hydrogen-bond acceptors (Lipinski definition) is 4. The van der Waals surface area contributed by atoms with Crippen molar-refractivity contribution in [1.29, 1.82) is 5.26 Å². The molecule has 0 atom stereocenters. The lowest BCUT2D eigenvalue weighted by molar-refractivity contribution is -0.137. The van der Waals surface area contributed by atoms with Gasteiger partial charge in [-0.05, 0) is 54.6 Å². The molecule has 1 N–H and O–H groups in total. The first kappa shape index (κ1) is 22.9. The van der Waals surface area contributed by atoms with E-state index < -0.39 is 21.8 Å². The van der Waals surface area contributed by atoms with Gasteiger partial charge >= 0.3 is 6.18 Å². The Kier molecular flexibility index (Phi) is 6.50. The molecule has 0 bridgehead atoms. The van der Waals surface area contributed by atoms with E-state index in [0.29, 0.717) is 6.07 Å². The van der Waals surface area contributed by atoms with Crippen molar-refractivity contribution in [2.75, 3.05) is 4.72 Å². The predicted octanol–water partition coefficient (Wildman–Crippen LogP) is 6.59. The van der Waals surface area contributed by atoms with Crippen LogP contribution in [0.15, 0.2) is 70.0 Å². The minimum absolute atomic E-state index is 0.0681. The Hall–Kier alpha value is -2.74. The highest BCUT2D eigenvalue weighted by molar-refractivity contribution is 9.10. The molecule has 3 aromatic carbocycles. The average Bonchev–Trinajstić information content (AvgIpc) is 2.67. The SMILES string of the molecule is N#Cc1c(Cl)cccc1Oc1ccc(S(=O)(=O)Nc2cc(Br)cc(C(F)(F)F)c2)cc1. The van der Waals surface area contributed by atoms with Gasteiger partial charge in [0.1, 0.15) is 23.1 Å². The summed E-state index contributed by atoms with van der Waals surface area (Å²) in [6.07, 6.45) is -4.63. The number of alkyl halides is 3. The van der Waals surface area contributed by atoms with Crippen LogP contribution in [0.3, 0.4) is 0 Å². The number of rotatable bonds is 5. The van der Waals surface area contributed by atoms with Crippen LogP contribution >= 0.6 is 27.5 Å². The first-order valence-electron chi connectivity index (χ1n) is 8.37. The number of nitrogens with one attached hydrogen (secondary N) is 1. The summed E-state index contributed by atoms with van der Waals surface area (Å²) in [6.45, 7) is 0. The molecule has 0 aliphatic rings. The lowest BCUT2D eigenvalue weighted by atomic mass is 10.2. The van der Waals surface area contributed by atoms with Crippen LogP contribution in [0.5, 0.6) is 11.5 Å². The second kappa shape index (κ2) is 8.78. The number of halogens is 5. The summed E-state index contributed by atoms with van der Waals surface area (Å²) in [4.78, 5) is -0.194. The predicted molar refractivity (Wildman–Crippen MR) is 113 cm³/mol. The molecule has 160 valence electrons. The first-order chi connectivity index (χ1) is 14.5. The van der Waals surface area contributed by atoms with Crippen molar-refractivity contribution in [3.8, 4) is 17.6 Å². The first-order valence-corrected chi connectivity index (χ1v) is 11.0. The van der Waals surface area contributed by atoms with Crippen molar-refractivity contribution in [2.24, 2.45) is 0 Å². The van der Waals surface area contributed by atoms with E-state index in [1.165, 1.54) is 42.5 Å². The molecule has 0 aliphatic heterocycles. The van der Waals surface area contributed by atoms with Crippen LogP contribution in [0, 0.1) is 11.3 Å². The summed E-state index contributed by atoms with van der Waals surface area (Å²) in [5.41, 5.74) is -1.13. The second-order valence-corrected chi connectivity index (χ2v) is 9.14. The number of nitriles is 1. The highest BCUT2D eigenvalue weighted by atomic mass is 79.9. The van der Waals surface area contributed by atoms with Gasteiger partial charge in [-0.25, -0.2) is 8.42 Å². The summed E-state index contributed by atoms with van der Waals surface area (Å²) in [6, 6.07) is 14.5. The zero-order valence-corrected chi connectivity index (χ0v) is 18.4. The van der Waals surface area contributed by atoms with E-state index in [2.05, 4.69) is 20.7 Å². The van der Waals surface area contributed by atoms with Crippen LogP contribution in [0.25, 0.3) is 0 Å². The minimum Gasteiger partial charge on any atom is -0.456 e. The number of sulfonamides is 1. The summed E-state index contributed by atoms with van der Waals surface area (Å²) in [5.74, 6) is 0.428. The number of benzene rings is 3. The molecule has 5 nitrogen and oxygen atoms in total. The third-order valence-corrected chi connectivity index (χ3v) is 6.10. The summed E-state index contributed by atoms with van der Waals surface area (Å²) in [5, 5.41) is 9.39. The fourth-order valence-corrected chi connectivity index (χ4v) is 4.28. The van der Waals surface area contributed by atoms with Crippen LogP contribution in [0.2, 0.25) is 5.02 Å². The normalized spacial score (nSPS) is 11.6. The van der Waals surface area contributed by atoms with Crippen molar-refractivity contribution >= 4 is 43.2 Å². The highest BCUT2D eigenvalue weighted by Crippen LogP contribution is 2.34. The molecule has 0 saturated heterocycles. The van der Waals surface area contributed by atoms with Gasteiger partial charge in [0.25, 0.3) is 10.0 Å². The topological polar surface area (TPSA) is 79.2 Å². The third kappa shape index (κ3) is 5.50. The van der Waals surface area contributed by atoms with Crippen molar-refractivity contribution < 1.29 is 26.3 Å². The zero-order chi connectivity index (χ0) is 22.8. The molecule has 0 amide bonds. The number of ether oxygens (including phenoxy) is 1. The maximum atomic E-state index is 13.0. The van der Waals surface area contributed by atoms with E-state index in [1.54, 1.807) is 6.07 Å². The molecule has 31 heavy (non-hydrogen) atoms. The zero-order valence-electron chi connectivity index (χ0n) is 15.2. The Morgan fingerprint density at radius 3 is 2.35 bits per heavy atom. The van der Waals surface area contributed by atoms with Gasteiger partial charge in [-0.15, -0.1) is 0 Å². The molecular formula is C20H11BrClF3N2O3S. The van der Waals surface area contributed by atoms with Crippen molar-refractivity contribution in [1.82, 2.24) is 0 Å². The van der Waals surface area contributed by atoms with Crippen molar-refractivity contribution in [3.05, 3.63) is 81.3 Å². The molecule has 3 aromatic rings. The van der Waals surface area contributed by atoms with Crippen molar-refractivity contribution in [3.63, 3.8) is 0 Å². The van der Waals surface area contributed by atoms with E-state index in [1.807, 2.05) is 6.07 Å². The maximum absolute atomic E-state index is 13.0. The van der Waals surface area contributed by atoms with Gasteiger partial charge in [-0.3, -0.25) is 4.72 Å². The molecule has 0 heterocycles. The monoisotopic (exact) mass is 530 g/mol. The molecule has 0 radical (unpaired) electrons. The Labute approximate surface area is 189 Å². The standard InChI is InChI=1S/C20H11BrClF3N2O3S/c21-13-8-12(20(23,24)25)9-14(10-13)27-31(28,29)16-6-4-15(5-7-16)30-19-3-1-2-18(22)17(19)11-26/h1-10,27H. The van der Waals surface area contributed by atoms with Crippen LogP contribution in [-0.4, -0.2) is 8.42 Å². The summed E-state index contributed by atoms with van der Waals surface area (Å²) in [7, 11) is -4.17. The Morgan fingerprint density at radius 1 is 1.06 bits per heavy atom. The van der Waals surface area contributed by atoms with E-state index in [0.717, 1.165) is 6.07 Å². The Bertz CT molecular complexity index is 1270. The molecule has 3 rings (SSSR count). The van der Waals surface area contributed by atoms with Gasteiger partial charge in [0, 0.05) is 4.47 Å². The lowest BCUT2D eigenvalue weighted by Crippen LogP contribution is -2.14. The van der Waals surface area contributed by atoms with Gasteiger partial charge in [0.05, 0.1) is 21.2 Å². The smallest absolute Gasteiger partial charge is 0.416 e. The van der Waals surface area contributed by atoms with Crippen LogP contribution in [0.1, 0.15) is 11.1 Å². The van der Waals surface area contributed by atoms with Crippen LogP contribution in [0.4, 0.5) is 18.9 Å². The van der Waals surface area contributed by atoms with E-state index in [-0.39, 0.29) is 37.1 Å². The highest BCUT2D eigenvalue weighted by Gasteiger charge is 2.31. The molecule has 0 aromatic heterocycles. The van der Waals surface area contributed by atoms with Crippen LogP contribution < -0.4 is 9.46 Å². The average molecular weight is 532 g/mol. The van der Waals surface area contributed by atoms with Gasteiger partial charge in [0.15, 0.2) is 0 Å². The Morgan fingerprint density at radius 2 is 1.74 bits per heavy atom. The number of anilines is 1. The molecule has 0 aliphatic carbocycles. The summed E-state index contributed by atoms with van der Waals surface area (Å²) < 4.78 is 71.8. The maximum Gasteiger partial charge on any atom is 0.416 e. The molecule has 0 spiro atoms. The molecule has 11 heteroatoms. The van der Waals surface area contributed by atoms with Crippen LogP contribution in [-0.2, 0) is 16.2 Å². The third-order valence-electron chi connectivity index (χ3n) is 3.93. The molecule has 0 fully saturated rings. The van der Waals surface area contributed by atoms with E-state index in [9.17, 15) is 26.9 Å². The van der Waals surface area contributed by atoms with Gasteiger partial charge in [-0.1, -0.05) is 33.6 Å². The number of hydrogen-bond donors (Lipinski definition) is 1. The largest absolute Gasteiger partial charge is 0.456 e. The molecule has 0 saturated carbocycles. The van der Waals surface area contributed by atoms with Gasteiger partial charge in [-0.2, -0.15) is 18.4 Å². The van der Waals surface area contributed by atoms with Gasteiger partial charge < -0.3 is 4.74 Å². The Balaban J connectivity index is 1.83. The fraction of sp³-hybridized carbons (Fsp3) is 0.0500. The minimum atomic E-state index is -4.63. The second-order valence-electron chi connectivity index (χ2n) is 6.13. The lowest BCUT2D eigenvalue weighted by Gasteiger charge is -2.13. The quantitative estimate of drug-likeness (QED) is 0.403. The van der Waals surface area contributed by atoms with E-state index >= 15 is 0 Å². The number of nitrogens with zero attached hydrogens (tertiary/aromatic N) is 1. The molecular weight excluding hydrogens is 521 g/mol. The molecule has 0 unspecified atom stereocenters. The van der Waals surface area contributed by atoms with Crippen molar-refractivity contribution in [2.45, 2.75) is 11.1 Å². The van der Waals surface area contributed by atoms with E-state index in [4.69, 9.17) is 16.3 Å². The summed E-state index contributed by atoms with van der Waals surface area (Å²) >= 11 is 8.89.